The van der Waals surface area contributed by atoms with E-state index >= 15 is 0 Å². The van der Waals surface area contributed by atoms with Crippen molar-refractivity contribution in [1.82, 2.24) is 10.2 Å². The highest BCUT2D eigenvalue weighted by Crippen LogP contribution is 2.21. The number of hydrogen-bond donors (Lipinski definition) is 1. The van der Waals surface area contributed by atoms with E-state index in [1.54, 1.807) is 0 Å². The first-order chi connectivity index (χ1) is 15.3. The lowest BCUT2D eigenvalue weighted by Gasteiger charge is -2.31. The largest absolute Gasteiger partial charge is 0.493 e. The molecule has 4 heteroatoms. The molecule has 4 nitrogen and oxygen atoms in total. The summed E-state index contributed by atoms with van der Waals surface area (Å²) in [4.78, 5) is 14.6. The molecule has 2 aromatic rings. The molecule has 1 heterocycles. The van der Waals surface area contributed by atoms with Crippen molar-refractivity contribution in [2.45, 2.75) is 51.9 Å². The third-order valence-electron chi connectivity index (χ3n) is 6.13. The maximum absolute atomic E-state index is 12.1. The molecule has 0 atom stereocenters. The highest BCUT2D eigenvalue weighted by Gasteiger charge is 2.24. The van der Waals surface area contributed by atoms with E-state index in [2.05, 4.69) is 71.7 Å². The Morgan fingerprint density at radius 1 is 1.00 bits per heavy atom. The number of aryl methyl sites for hydroxylation is 2. The van der Waals surface area contributed by atoms with E-state index in [9.17, 15) is 4.79 Å². The number of carbonyl (C=O) groups excluding carboxylic acids is 1. The van der Waals surface area contributed by atoms with Crippen LogP contribution in [0.5, 0.6) is 5.75 Å². The number of likely N-dealkylation sites (tertiary alicyclic amines) is 1. The van der Waals surface area contributed by atoms with Crippen molar-refractivity contribution in [3.63, 3.8) is 0 Å². The summed E-state index contributed by atoms with van der Waals surface area (Å²) < 4.78 is 6.13. The summed E-state index contributed by atoms with van der Waals surface area (Å²) in [5.74, 6) is 1.48. The van der Waals surface area contributed by atoms with E-state index in [-0.39, 0.29) is 11.8 Å². The van der Waals surface area contributed by atoms with Gasteiger partial charge in [-0.1, -0.05) is 55.5 Å². The topological polar surface area (TPSA) is 41.6 Å². The lowest BCUT2D eigenvalue weighted by molar-refractivity contribution is -0.126. The molecule has 1 saturated heterocycles. The van der Waals surface area contributed by atoms with E-state index in [4.69, 9.17) is 4.74 Å². The minimum Gasteiger partial charge on any atom is -0.493 e. The summed E-state index contributed by atoms with van der Waals surface area (Å²) in [5.41, 5.74) is 2.65. The second-order valence-corrected chi connectivity index (χ2v) is 8.56. The molecule has 2 aromatic carbocycles. The molecule has 1 aliphatic heterocycles. The second-order valence-electron chi connectivity index (χ2n) is 8.56. The van der Waals surface area contributed by atoms with Crippen molar-refractivity contribution in [2.75, 3.05) is 32.8 Å². The third kappa shape index (κ3) is 8.02. The van der Waals surface area contributed by atoms with Crippen molar-refractivity contribution in [1.29, 1.82) is 0 Å². The molecule has 1 fully saturated rings. The quantitative estimate of drug-likeness (QED) is 0.496. The van der Waals surface area contributed by atoms with Crippen LogP contribution in [0.15, 0.2) is 54.6 Å². The normalized spacial score (nSPS) is 15.0. The van der Waals surface area contributed by atoms with Crippen LogP contribution in [-0.2, 0) is 17.6 Å². The predicted octanol–water partition coefficient (Wildman–Crippen LogP) is 4.87. The molecular weight excluding hydrogens is 384 g/mol. The number of piperidine rings is 1. The summed E-state index contributed by atoms with van der Waals surface area (Å²) in [6.07, 6.45) is 7.21. The molecule has 0 bridgehead atoms. The van der Waals surface area contributed by atoms with Crippen molar-refractivity contribution in [3.05, 3.63) is 65.7 Å². The fraction of sp³-hybridized carbons (Fsp3) is 0.519. The van der Waals surface area contributed by atoms with Gasteiger partial charge in [0.2, 0.25) is 5.91 Å². The monoisotopic (exact) mass is 422 g/mol. The number of ether oxygens (including phenoxy) is 1. The molecule has 0 unspecified atom stereocenters. The van der Waals surface area contributed by atoms with Gasteiger partial charge in [-0.3, -0.25) is 4.79 Å². The van der Waals surface area contributed by atoms with Gasteiger partial charge in [0.05, 0.1) is 6.61 Å². The molecular formula is C27H38N2O2. The average Bonchev–Trinajstić information content (AvgIpc) is 2.82. The summed E-state index contributed by atoms with van der Waals surface area (Å²) >= 11 is 0. The zero-order chi connectivity index (χ0) is 21.7. The van der Waals surface area contributed by atoms with Crippen molar-refractivity contribution < 1.29 is 9.53 Å². The first-order valence-electron chi connectivity index (χ1n) is 12.0. The number of benzene rings is 2. The maximum atomic E-state index is 12.1. The highest BCUT2D eigenvalue weighted by molar-refractivity contribution is 5.78. The Kier molecular flexibility index (Phi) is 9.91. The second kappa shape index (κ2) is 13.2. The van der Waals surface area contributed by atoms with Gasteiger partial charge >= 0.3 is 0 Å². The van der Waals surface area contributed by atoms with Crippen LogP contribution in [0.3, 0.4) is 0 Å². The number of hydrogen-bond acceptors (Lipinski definition) is 3. The van der Waals surface area contributed by atoms with Gasteiger partial charge in [-0.2, -0.15) is 0 Å². The minimum atomic E-state index is 0.207. The molecule has 3 rings (SSSR count). The lowest BCUT2D eigenvalue weighted by atomic mass is 9.95. The lowest BCUT2D eigenvalue weighted by Crippen LogP contribution is -2.41. The van der Waals surface area contributed by atoms with Crippen molar-refractivity contribution >= 4 is 5.91 Å². The van der Waals surface area contributed by atoms with E-state index in [1.165, 1.54) is 11.1 Å². The van der Waals surface area contributed by atoms with E-state index in [0.717, 1.165) is 83.5 Å². The highest BCUT2D eigenvalue weighted by atomic mass is 16.5. The van der Waals surface area contributed by atoms with Gasteiger partial charge in [0.1, 0.15) is 5.75 Å². The minimum absolute atomic E-state index is 0.207. The smallest absolute Gasteiger partial charge is 0.223 e. The number of para-hydroxylation sites is 1. The predicted molar refractivity (Wildman–Crippen MR) is 127 cm³/mol. The zero-order valence-corrected chi connectivity index (χ0v) is 19.0. The Hall–Kier alpha value is -2.33. The van der Waals surface area contributed by atoms with Crippen LogP contribution in [0.1, 0.15) is 50.2 Å². The van der Waals surface area contributed by atoms with Gasteiger partial charge < -0.3 is 15.0 Å². The molecule has 168 valence electrons. The number of carbonyl (C=O) groups is 1. The van der Waals surface area contributed by atoms with Crippen molar-refractivity contribution in [2.24, 2.45) is 5.92 Å². The van der Waals surface area contributed by atoms with Crippen LogP contribution in [0.25, 0.3) is 0 Å². The van der Waals surface area contributed by atoms with Crippen molar-refractivity contribution in [3.8, 4) is 5.75 Å². The summed E-state index contributed by atoms with van der Waals surface area (Å²) in [6.45, 7) is 6.83. The summed E-state index contributed by atoms with van der Waals surface area (Å²) in [5, 5.41) is 3.04. The Morgan fingerprint density at radius 3 is 2.52 bits per heavy atom. The fourth-order valence-corrected chi connectivity index (χ4v) is 4.21. The summed E-state index contributed by atoms with van der Waals surface area (Å²) in [6, 6.07) is 19.1. The van der Waals surface area contributed by atoms with Gasteiger partial charge in [-0.25, -0.2) is 0 Å². The molecule has 1 amide bonds. The molecule has 0 spiro atoms. The van der Waals surface area contributed by atoms with Gasteiger partial charge in [-0.15, -0.1) is 0 Å². The fourth-order valence-electron chi connectivity index (χ4n) is 4.21. The Bertz CT molecular complexity index is 770. The molecule has 0 saturated carbocycles. The number of amides is 1. The molecule has 1 aliphatic rings. The number of rotatable bonds is 12. The van der Waals surface area contributed by atoms with E-state index in [0.29, 0.717) is 0 Å². The molecule has 1 N–H and O–H groups in total. The number of unbranched alkanes of at least 4 members (excludes halogenated alkanes) is 1. The standard InChI is InChI=1S/C27H38N2O2/c1-2-18-28-27(30)25-16-20-29(21-17-25)19-8-9-22-31-26-13-7-6-12-24(26)15-14-23-10-4-3-5-11-23/h3-7,10-13,25H,2,8-9,14-22H2,1H3,(H,28,30). The van der Waals surface area contributed by atoms with Gasteiger partial charge in [0.15, 0.2) is 0 Å². The van der Waals surface area contributed by atoms with Crippen LogP contribution in [0, 0.1) is 5.92 Å². The molecule has 31 heavy (non-hydrogen) atoms. The first kappa shape index (κ1) is 23.3. The maximum Gasteiger partial charge on any atom is 0.223 e. The Labute approximate surface area is 188 Å². The molecule has 0 aliphatic carbocycles. The summed E-state index contributed by atoms with van der Waals surface area (Å²) in [7, 11) is 0. The number of nitrogens with zero attached hydrogens (tertiary/aromatic N) is 1. The van der Waals surface area contributed by atoms with Gasteiger partial charge in [0, 0.05) is 12.5 Å². The third-order valence-corrected chi connectivity index (χ3v) is 6.13. The Morgan fingerprint density at radius 2 is 1.74 bits per heavy atom. The van der Waals surface area contributed by atoms with Crippen LogP contribution in [0.4, 0.5) is 0 Å². The van der Waals surface area contributed by atoms with Gasteiger partial charge in [0.25, 0.3) is 0 Å². The van der Waals surface area contributed by atoms with Gasteiger partial charge in [-0.05, 0) is 81.8 Å². The molecule has 0 aromatic heterocycles. The van der Waals surface area contributed by atoms with Crippen LogP contribution < -0.4 is 10.1 Å². The number of nitrogens with one attached hydrogen (secondary N) is 1. The SMILES string of the molecule is CCCNC(=O)C1CCN(CCCCOc2ccccc2CCc2ccccc2)CC1. The van der Waals surface area contributed by atoms with Crippen LogP contribution in [-0.4, -0.2) is 43.6 Å². The van der Waals surface area contributed by atoms with E-state index < -0.39 is 0 Å². The molecule has 0 radical (unpaired) electrons. The van der Waals surface area contributed by atoms with Crippen LogP contribution >= 0.6 is 0 Å². The average molecular weight is 423 g/mol. The first-order valence-corrected chi connectivity index (χ1v) is 12.0. The Balaban J connectivity index is 1.31. The van der Waals surface area contributed by atoms with Crippen LogP contribution in [0.2, 0.25) is 0 Å². The zero-order valence-electron chi connectivity index (χ0n) is 19.0. The van der Waals surface area contributed by atoms with E-state index in [1.807, 2.05) is 0 Å².